The lowest BCUT2D eigenvalue weighted by Gasteiger charge is -2.37. The van der Waals surface area contributed by atoms with E-state index >= 15 is 0 Å². The van der Waals surface area contributed by atoms with Crippen molar-refractivity contribution in [2.45, 2.75) is 38.1 Å². The zero-order chi connectivity index (χ0) is 17.5. The molecule has 1 amide bonds. The van der Waals surface area contributed by atoms with Crippen molar-refractivity contribution in [3.8, 4) is 0 Å². The summed E-state index contributed by atoms with van der Waals surface area (Å²) in [5.74, 6) is 0. The Hall–Kier alpha value is -2.53. The summed E-state index contributed by atoms with van der Waals surface area (Å²) in [6.45, 7) is 0.884. The van der Waals surface area contributed by atoms with Crippen molar-refractivity contribution >= 4 is 11.8 Å². The van der Waals surface area contributed by atoms with Crippen LogP contribution in [0.5, 0.6) is 0 Å². The summed E-state index contributed by atoms with van der Waals surface area (Å²) in [6.07, 6.45) is 1.43. The van der Waals surface area contributed by atoms with Crippen LogP contribution < -0.4 is 10.6 Å². The van der Waals surface area contributed by atoms with Crippen LogP contribution in [0.25, 0.3) is 0 Å². The van der Waals surface area contributed by atoms with Gasteiger partial charge in [0, 0.05) is 30.4 Å². The third kappa shape index (κ3) is 4.97. The zero-order valence-corrected chi connectivity index (χ0v) is 14.4. The fraction of sp³-hybridized carbons (Fsp3) is 0.350. The molecule has 0 saturated heterocycles. The van der Waals surface area contributed by atoms with Gasteiger partial charge in [-0.1, -0.05) is 48.5 Å². The fourth-order valence-electron chi connectivity index (χ4n) is 2.95. The molecule has 0 bridgehead atoms. The highest BCUT2D eigenvalue weighted by Gasteiger charge is 2.30. The molecule has 0 aliphatic heterocycles. The first-order valence-electron chi connectivity index (χ1n) is 8.55. The summed E-state index contributed by atoms with van der Waals surface area (Å²) in [7, 11) is 1.70. The van der Waals surface area contributed by atoms with Crippen LogP contribution in [-0.2, 0) is 22.7 Å². The van der Waals surface area contributed by atoms with Gasteiger partial charge in [-0.15, -0.1) is 0 Å². The summed E-state index contributed by atoms with van der Waals surface area (Å²) >= 11 is 0. The smallest absolute Gasteiger partial charge is 0.407 e. The molecule has 0 unspecified atom stereocenters. The van der Waals surface area contributed by atoms with Gasteiger partial charge in [0.15, 0.2) is 0 Å². The number of ether oxygens (including phenoxy) is 2. The second-order valence-corrected chi connectivity index (χ2v) is 6.31. The molecule has 0 heterocycles. The van der Waals surface area contributed by atoms with Crippen molar-refractivity contribution in [2.75, 3.05) is 12.4 Å². The van der Waals surface area contributed by atoms with Crippen LogP contribution in [0.1, 0.15) is 24.0 Å². The third-order valence-electron chi connectivity index (χ3n) is 4.35. The summed E-state index contributed by atoms with van der Waals surface area (Å²) in [4.78, 5) is 11.9. The van der Waals surface area contributed by atoms with Crippen LogP contribution in [0.15, 0.2) is 54.6 Å². The van der Waals surface area contributed by atoms with Gasteiger partial charge in [-0.05, 0) is 24.5 Å². The molecule has 3 rings (SSSR count). The molecule has 5 nitrogen and oxygen atoms in total. The number of hydrogen-bond donors (Lipinski definition) is 2. The number of anilines is 1. The highest BCUT2D eigenvalue weighted by atomic mass is 16.5. The predicted octanol–water partition coefficient (Wildman–Crippen LogP) is 3.70. The molecule has 25 heavy (non-hydrogen) atoms. The van der Waals surface area contributed by atoms with Crippen LogP contribution in [0.3, 0.4) is 0 Å². The lowest BCUT2D eigenvalue weighted by molar-refractivity contribution is 0.129. The predicted molar refractivity (Wildman–Crippen MR) is 97.4 cm³/mol. The molecule has 1 aliphatic carbocycles. The van der Waals surface area contributed by atoms with Gasteiger partial charge in [-0.2, -0.15) is 0 Å². The summed E-state index contributed by atoms with van der Waals surface area (Å²) < 4.78 is 10.5. The van der Waals surface area contributed by atoms with E-state index in [4.69, 9.17) is 9.47 Å². The SMILES string of the molecule is COCc1ccccc1NC1CC(NC(=O)OCc2ccccc2)C1. The van der Waals surface area contributed by atoms with Gasteiger partial charge in [0.25, 0.3) is 0 Å². The monoisotopic (exact) mass is 340 g/mol. The quantitative estimate of drug-likeness (QED) is 0.807. The highest BCUT2D eigenvalue weighted by Crippen LogP contribution is 2.26. The number of alkyl carbamates (subject to hydrolysis) is 1. The van der Waals surface area contributed by atoms with E-state index in [0.29, 0.717) is 19.3 Å². The first-order chi connectivity index (χ1) is 12.2. The highest BCUT2D eigenvalue weighted by molar-refractivity contribution is 5.68. The van der Waals surface area contributed by atoms with Gasteiger partial charge >= 0.3 is 6.09 Å². The molecule has 2 N–H and O–H groups in total. The second kappa shape index (κ2) is 8.53. The van der Waals surface area contributed by atoms with E-state index in [1.807, 2.05) is 42.5 Å². The molecule has 0 atom stereocenters. The molecule has 132 valence electrons. The molecular weight excluding hydrogens is 316 g/mol. The number of benzene rings is 2. The van der Waals surface area contributed by atoms with Crippen molar-refractivity contribution in [1.29, 1.82) is 0 Å². The van der Waals surface area contributed by atoms with Crippen LogP contribution in [-0.4, -0.2) is 25.3 Å². The van der Waals surface area contributed by atoms with E-state index in [-0.39, 0.29) is 12.1 Å². The number of hydrogen-bond acceptors (Lipinski definition) is 4. The van der Waals surface area contributed by atoms with E-state index in [2.05, 4.69) is 22.8 Å². The Kier molecular flexibility index (Phi) is 5.90. The Morgan fingerprint density at radius 2 is 1.72 bits per heavy atom. The fourth-order valence-corrected chi connectivity index (χ4v) is 2.95. The lowest BCUT2D eigenvalue weighted by atomic mass is 9.86. The number of carbonyl (C=O) groups is 1. The average Bonchev–Trinajstić information content (AvgIpc) is 2.61. The first-order valence-corrected chi connectivity index (χ1v) is 8.55. The maximum Gasteiger partial charge on any atom is 0.407 e. The van der Waals surface area contributed by atoms with Crippen LogP contribution in [0.2, 0.25) is 0 Å². The normalized spacial score (nSPS) is 18.9. The minimum absolute atomic E-state index is 0.162. The van der Waals surface area contributed by atoms with Gasteiger partial charge in [0.2, 0.25) is 0 Å². The van der Waals surface area contributed by atoms with E-state index in [9.17, 15) is 4.79 Å². The minimum atomic E-state index is -0.355. The van der Waals surface area contributed by atoms with Crippen molar-refractivity contribution in [3.63, 3.8) is 0 Å². The van der Waals surface area contributed by atoms with Gasteiger partial charge in [-0.3, -0.25) is 0 Å². The maximum atomic E-state index is 11.9. The Labute approximate surface area is 148 Å². The van der Waals surface area contributed by atoms with Gasteiger partial charge in [-0.25, -0.2) is 4.79 Å². The van der Waals surface area contributed by atoms with E-state index in [1.165, 1.54) is 0 Å². The molecular formula is C20H24N2O3. The van der Waals surface area contributed by atoms with Crippen LogP contribution in [0, 0.1) is 0 Å². The van der Waals surface area contributed by atoms with Crippen molar-refractivity contribution in [1.82, 2.24) is 5.32 Å². The molecule has 1 fully saturated rings. The Morgan fingerprint density at radius 1 is 1.00 bits per heavy atom. The molecule has 2 aromatic rings. The molecule has 0 aromatic heterocycles. The Balaban J connectivity index is 1.39. The number of nitrogens with one attached hydrogen (secondary N) is 2. The Morgan fingerprint density at radius 3 is 2.48 bits per heavy atom. The number of para-hydroxylation sites is 1. The van der Waals surface area contributed by atoms with Crippen LogP contribution >= 0.6 is 0 Å². The topological polar surface area (TPSA) is 59.6 Å². The molecule has 0 radical (unpaired) electrons. The van der Waals surface area contributed by atoms with Gasteiger partial charge < -0.3 is 20.1 Å². The molecule has 5 heteroatoms. The maximum absolute atomic E-state index is 11.9. The van der Waals surface area contributed by atoms with Crippen molar-refractivity contribution in [2.24, 2.45) is 0 Å². The number of amides is 1. The average molecular weight is 340 g/mol. The summed E-state index contributed by atoms with van der Waals surface area (Å²) in [5, 5.41) is 6.44. The standard InChI is InChI=1S/C20H24N2O3/c1-24-14-16-9-5-6-10-19(16)21-17-11-18(12-17)22-20(23)25-13-15-7-3-2-4-8-15/h2-10,17-18,21H,11-14H2,1H3,(H,22,23). The molecule has 1 aliphatic rings. The molecule has 2 aromatic carbocycles. The minimum Gasteiger partial charge on any atom is -0.445 e. The summed E-state index contributed by atoms with van der Waals surface area (Å²) in [6, 6.07) is 18.3. The third-order valence-corrected chi connectivity index (χ3v) is 4.35. The van der Waals surface area contributed by atoms with E-state index in [1.54, 1.807) is 7.11 Å². The molecule has 0 spiro atoms. The van der Waals surface area contributed by atoms with Crippen LogP contribution in [0.4, 0.5) is 10.5 Å². The van der Waals surface area contributed by atoms with Crippen molar-refractivity contribution < 1.29 is 14.3 Å². The van der Waals surface area contributed by atoms with Gasteiger partial charge in [0.05, 0.1) is 6.61 Å². The van der Waals surface area contributed by atoms with E-state index in [0.717, 1.165) is 29.7 Å². The largest absolute Gasteiger partial charge is 0.445 e. The number of rotatable bonds is 7. The number of methoxy groups -OCH3 is 1. The lowest BCUT2D eigenvalue weighted by Crippen LogP contribution is -2.49. The first kappa shape index (κ1) is 17.3. The van der Waals surface area contributed by atoms with Crippen molar-refractivity contribution in [3.05, 3.63) is 65.7 Å². The summed E-state index contributed by atoms with van der Waals surface area (Å²) in [5.41, 5.74) is 3.23. The van der Waals surface area contributed by atoms with E-state index < -0.39 is 0 Å². The second-order valence-electron chi connectivity index (χ2n) is 6.31. The molecule has 1 saturated carbocycles. The van der Waals surface area contributed by atoms with Gasteiger partial charge in [0.1, 0.15) is 6.61 Å². The zero-order valence-electron chi connectivity index (χ0n) is 14.4. The number of carbonyl (C=O) groups excluding carboxylic acids is 1. The Bertz CT molecular complexity index is 684.